The number of halogens is 3. The summed E-state index contributed by atoms with van der Waals surface area (Å²) in [6.45, 7) is 0. The van der Waals surface area contributed by atoms with E-state index in [0.717, 1.165) is 6.08 Å². The van der Waals surface area contributed by atoms with Crippen molar-refractivity contribution in [3.05, 3.63) is 30.2 Å². The Balaban J connectivity index is 2.60. The van der Waals surface area contributed by atoms with Crippen LogP contribution in [0.1, 0.15) is 6.42 Å². The van der Waals surface area contributed by atoms with Crippen LogP contribution in [0.2, 0.25) is 0 Å². The predicted molar refractivity (Wildman–Crippen MR) is 32.2 cm³/mol. The van der Waals surface area contributed by atoms with E-state index in [1.807, 2.05) is 0 Å². The Hall–Kier alpha value is -0.730. The van der Waals surface area contributed by atoms with E-state index in [1.54, 1.807) is 6.08 Å². The molecular formula is C7H6F3. The molecule has 0 unspecified atom stereocenters. The normalized spacial score (nSPS) is 19.9. The first-order valence-corrected chi connectivity index (χ1v) is 2.87. The molecule has 0 aromatic carbocycles. The van der Waals surface area contributed by atoms with Crippen molar-refractivity contribution in [2.45, 2.75) is 12.6 Å². The van der Waals surface area contributed by atoms with Gasteiger partial charge in [-0.3, -0.25) is 0 Å². The van der Waals surface area contributed by atoms with Crippen molar-refractivity contribution in [3.63, 3.8) is 0 Å². The van der Waals surface area contributed by atoms with Crippen molar-refractivity contribution in [2.75, 3.05) is 0 Å². The molecule has 0 aromatic rings. The lowest BCUT2D eigenvalue weighted by Gasteiger charge is -2.14. The third kappa shape index (κ3) is 1.62. The minimum Gasteiger partial charge on any atom is -0.170 e. The Morgan fingerprint density at radius 1 is 1.20 bits per heavy atom. The lowest BCUT2D eigenvalue weighted by atomic mass is 10.0. The van der Waals surface area contributed by atoms with Crippen molar-refractivity contribution in [3.8, 4) is 0 Å². The molecular weight excluding hydrogens is 141 g/mol. The predicted octanol–water partition coefficient (Wildman–Crippen LogP) is 2.64. The monoisotopic (exact) mass is 147 g/mol. The van der Waals surface area contributed by atoms with E-state index in [4.69, 9.17) is 0 Å². The molecule has 1 radical (unpaired) electrons. The molecule has 0 atom stereocenters. The zero-order chi connectivity index (χ0) is 7.61. The van der Waals surface area contributed by atoms with Crippen LogP contribution in [0.3, 0.4) is 0 Å². The average molecular weight is 147 g/mol. The van der Waals surface area contributed by atoms with Crippen molar-refractivity contribution in [2.24, 2.45) is 0 Å². The maximum absolute atomic E-state index is 11.8. The molecule has 0 N–H and O–H groups in total. The van der Waals surface area contributed by atoms with Gasteiger partial charge in [-0.15, -0.1) is 0 Å². The molecule has 0 spiro atoms. The van der Waals surface area contributed by atoms with E-state index in [1.165, 1.54) is 12.2 Å². The van der Waals surface area contributed by atoms with Crippen LogP contribution in [0.5, 0.6) is 0 Å². The molecule has 0 saturated heterocycles. The van der Waals surface area contributed by atoms with Gasteiger partial charge in [0.1, 0.15) is 5.92 Å². The first-order valence-electron chi connectivity index (χ1n) is 2.87. The molecule has 0 aliphatic heterocycles. The van der Waals surface area contributed by atoms with Crippen molar-refractivity contribution >= 4 is 0 Å². The highest BCUT2D eigenvalue weighted by molar-refractivity contribution is 5.26. The summed E-state index contributed by atoms with van der Waals surface area (Å²) < 4.78 is 35.5. The first kappa shape index (κ1) is 7.38. The van der Waals surface area contributed by atoms with Gasteiger partial charge < -0.3 is 0 Å². The second-order valence-corrected chi connectivity index (χ2v) is 2.01. The van der Waals surface area contributed by atoms with Crippen LogP contribution in [0, 0.1) is 5.92 Å². The summed E-state index contributed by atoms with van der Waals surface area (Å²) in [7, 11) is 0. The fraction of sp³-hybridized carbons (Fsp3) is 0.286. The third-order valence-corrected chi connectivity index (χ3v) is 1.25. The molecule has 0 saturated carbocycles. The molecule has 1 aliphatic carbocycles. The van der Waals surface area contributed by atoms with E-state index in [0.29, 0.717) is 0 Å². The van der Waals surface area contributed by atoms with Gasteiger partial charge in [0.05, 0.1) is 0 Å². The van der Waals surface area contributed by atoms with Crippen LogP contribution in [-0.2, 0) is 0 Å². The molecule has 0 bridgehead atoms. The fourth-order valence-corrected chi connectivity index (χ4v) is 0.724. The molecule has 1 aliphatic rings. The Kier molecular flexibility index (Phi) is 1.83. The second kappa shape index (κ2) is 2.48. The van der Waals surface area contributed by atoms with Crippen LogP contribution in [0.15, 0.2) is 24.3 Å². The quantitative estimate of drug-likeness (QED) is 0.494. The van der Waals surface area contributed by atoms with E-state index in [-0.39, 0.29) is 6.42 Å². The van der Waals surface area contributed by atoms with E-state index in [9.17, 15) is 13.2 Å². The largest absolute Gasteiger partial charge is 0.399 e. The number of allylic oxidation sites excluding steroid dienone is 4. The Morgan fingerprint density at radius 2 is 1.90 bits per heavy atom. The zero-order valence-electron chi connectivity index (χ0n) is 5.15. The van der Waals surface area contributed by atoms with Gasteiger partial charge in [0.25, 0.3) is 0 Å². The van der Waals surface area contributed by atoms with Gasteiger partial charge >= 0.3 is 6.18 Å². The average Bonchev–Trinajstić information content (AvgIpc) is 1.88. The van der Waals surface area contributed by atoms with Gasteiger partial charge in [0.2, 0.25) is 0 Å². The van der Waals surface area contributed by atoms with Gasteiger partial charge in [0.15, 0.2) is 0 Å². The van der Waals surface area contributed by atoms with Crippen LogP contribution < -0.4 is 0 Å². The molecule has 55 valence electrons. The summed E-state index contributed by atoms with van der Waals surface area (Å²) in [4.78, 5) is 0. The molecule has 0 fully saturated rings. The Labute approximate surface area is 57.0 Å². The lowest BCUT2D eigenvalue weighted by Crippen LogP contribution is -2.18. The highest BCUT2D eigenvalue weighted by Crippen LogP contribution is 2.33. The first-order chi connectivity index (χ1) is 4.61. The summed E-state index contributed by atoms with van der Waals surface area (Å²) in [6, 6.07) is 0. The van der Waals surface area contributed by atoms with Crippen molar-refractivity contribution in [1.82, 2.24) is 0 Å². The van der Waals surface area contributed by atoms with Gasteiger partial charge in [-0.05, 0) is 6.42 Å². The van der Waals surface area contributed by atoms with Crippen molar-refractivity contribution in [1.29, 1.82) is 0 Å². The molecule has 3 heteroatoms. The van der Waals surface area contributed by atoms with Crippen LogP contribution in [0.4, 0.5) is 13.2 Å². The number of hydrogen-bond acceptors (Lipinski definition) is 0. The summed E-state index contributed by atoms with van der Waals surface area (Å²) >= 11 is 0. The maximum atomic E-state index is 11.8. The van der Waals surface area contributed by atoms with Gasteiger partial charge in [-0.25, -0.2) is 0 Å². The standard InChI is InChI=1S/C7H6F3/c8-7(9,10)6-4-2-1-3-5-6/h1-4H,5H2. The smallest absolute Gasteiger partial charge is 0.170 e. The molecule has 0 nitrogen and oxygen atoms in total. The van der Waals surface area contributed by atoms with Gasteiger partial charge in [0, 0.05) is 0 Å². The maximum Gasteiger partial charge on any atom is 0.399 e. The molecule has 1 rings (SSSR count). The van der Waals surface area contributed by atoms with Crippen LogP contribution in [0.25, 0.3) is 0 Å². The Morgan fingerprint density at radius 3 is 2.20 bits per heavy atom. The van der Waals surface area contributed by atoms with E-state index >= 15 is 0 Å². The highest BCUT2D eigenvalue weighted by Gasteiger charge is 2.37. The molecule has 0 heterocycles. The van der Waals surface area contributed by atoms with E-state index < -0.39 is 12.1 Å². The van der Waals surface area contributed by atoms with Crippen molar-refractivity contribution < 1.29 is 13.2 Å². The molecule has 0 aromatic heterocycles. The van der Waals surface area contributed by atoms with Gasteiger partial charge in [-0.1, -0.05) is 24.3 Å². The molecule has 10 heavy (non-hydrogen) atoms. The summed E-state index contributed by atoms with van der Waals surface area (Å²) in [5.41, 5.74) is 0. The number of hydrogen-bond donors (Lipinski definition) is 0. The lowest BCUT2D eigenvalue weighted by molar-refractivity contribution is -0.109. The highest BCUT2D eigenvalue weighted by atomic mass is 19.4. The second-order valence-electron chi connectivity index (χ2n) is 2.01. The number of alkyl halides is 3. The molecule has 0 amide bonds. The summed E-state index contributed by atoms with van der Waals surface area (Å²) in [5, 5.41) is 0. The SMILES string of the molecule is FC(F)(F)[C]1C=CC=CC1. The minimum absolute atomic E-state index is 0.000000000000000222. The number of rotatable bonds is 0. The Bertz CT molecular complexity index is 164. The third-order valence-electron chi connectivity index (χ3n) is 1.25. The zero-order valence-corrected chi connectivity index (χ0v) is 5.15. The summed E-state index contributed by atoms with van der Waals surface area (Å²) in [6.07, 6.45) is 1.44. The minimum atomic E-state index is -4.15. The van der Waals surface area contributed by atoms with Gasteiger partial charge in [-0.2, -0.15) is 13.2 Å². The van der Waals surface area contributed by atoms with E-state index in [2.05, 4.69) is 0 Å². The summed E-state index contributed by atoms with van der Waals surface area (Å²) in [5.74, 6) is -0.477. The van der Waals surface area contributed by atoms with Crippen LogP contribution in [-0.4, -0.2) is 6.18 Å². The van der Waals surface area contributed by atoms with Crippen LogP contribution >= 0.6 is 0 Å². The topological polar surface area (TPSA) is 0 Å². The fourth-order valence-electron chi connectivity index (χ4n) is 0.724.